The summed E-state index contributed by atoms with van der Waals surface area (Å²) < 4.78 is 22.8. The van der Waals surface area contributed by atoms with Crippen molar-refractivity contribution in [2.75, 3.05) is 14.2 Å². The number of carbonyl (C=O) groups is 2. The number of hydrogen-bond acceptors (Lipinski definition) is 4. The highest BCUT2D eigenvalue weighted by Crippen LogP contribution is 2.25. The van der Waals surface area contributed by atoms with Crippen LogP contribution < -0.4 is 10.1 Å². The molecule has 0 unspecified atom stereocenters. The summed E-state index contributed by atoms with van der Waals surface area (Å²) >= 11 is 6.09. The van der Waals surface area contributed by atoms with Crippen LogP contribution in [0.3, 0.4) is 0 Å². The van der Waals surface area contributed by atoms with Crippen molar-refractivity contribution in [3.63, 3.8) is 0 Å². The summed E-state index contributed by atoms with van der Waals surface area (Å²) in [7, 11) is 2.76. The van der Waals surface area contributed by atoms with Crippen molar-refractivity contribution in [1.29, 1.82) is 0 Å². The number of halogens is 2. The van der Waals surface area contributed by atoms with Gasteiger partial charge in [-0.15, -0.1) is 0 Å². The third-order valence-electron chi connectivity index (χ3n) is 3.75. The molecule has 1 amide bonds. The SMILES string of the molecule is COC(=O)[C@H](Cc1ccc(OC)c(Cl)c1)NC(=O)Cc1ccc(F)cc1. The van der Waals surface area contributed by atoms with E-state index in [9.17, 15) is 14.0 Å². The van der Waals surface area contributed by atoms with E-state index in [-0.39, 0.29) is 24.6 Å². The van der Waals surface area contributed by atoms with Gasteiger partial charge in [-0.05, 0) is 35.4 Å². The number of benzene rings is 2. The van der Waals surface area contributed by atoms with E-state index in [0.717, 1.165) is 5.56 Å². The summed E-state index contributed by atoms with van der Waals surface area (Å²) in [6, 6.07) is 9.84. The number of nitrogens with one attached hydrogen (secondary N) is 1. The van der Waals surface area contributed by atoms with E-state index >= 15 is 0 Å². The monoisotopic (exact) mass is 379 g/mol. The van der Waals surface area contributed by atoms with Crippen LogP contribution in [0.4, 0.5) is 4.39 Å². The summed E-state index contributed by atoms with van der Waals surface area (Å²) in [5.41, 5.74) is 1.38. The number of esters is 1. The maximum absolute atomic E-state index is 12.9. The fraction of sp³-hybridized carbons (Fsp3) is 0.263. The van der Waals surface area contributed by atoms with Gasteiger partial charge in [0.15, 0.2) is 0 Å². The number of methoxy groups -OCH3 is 2. The molecule has 0 aliphatic rings. The highest BCUT2D eigenvalue weighted by molar-refractivity contribution is 6.32. The lowest BCUT2D eigenvalue weighted by Gasteiger charge is -2.17. The molecule has 2 aromatic carbocycles. The molecular weight excluding hydrogens is 361 g/mol. The van der Waals surface area contributed by atoms with Gasteiger partial charge in [-0.25, -0.2) is 9.18 Å². The van der Waals surface area contributed by atoms with Crippen LogP contribution in [0.25, 0.3) is 0 Å². The zero-order chi connectivity index (χ0) is 19.1. The second-order valence-corrected chi connectivity index (χ2v) is 6.03. The Kier molecular flexibility index (Phi) is 6.97. The molecule has 0 aliphatic heterocycles. The highest BCUT2D eigenvalue weighted by Gasteiger charge is 2.22. The van der Waals surface area contributed by atoms with Crippen molar-refractivity contribution < 1.29 is 23.5 Å². The molecule has 26 heavy (non-hydrogen) atoms. The fourth-order valence-corrected chi connectivity index (χ4v) is 2.72. The van der Waals surface area contributed by atoms with Crippen LogP contribution in [0.1, 0.15) is 11.1 Å². The smallest absolute Gasteiger partial charge is 0.328 e. The Bertz CT molecular complexity index is 780. The Labute approximate surface area is 156 Å². The molecule has 5 nitrogen and oxygen atoms in total. The van der Waals surface area contributed by atoms with Gasteiger partial charge in [0.25, 0.3) is 0 Å². The topological polar surface area (TPSA) is 64.6 Å². The number of carbonyl (C=O) groups excluding carboxylic acids is 2. The Morgan fingerprint density at radius 3 is 2.35 bits per heavy atom. The van der Waals surface area contributed by atoms with E-state index in [1.165, 1.54) is 38.5 Å². The predicted octanol–water partition coefficient (Wildman–Crippen LogP) is 2.93. The molecule has 0 spiro atoms. The van der Waals surface area contributed by atoms with Crippen LogP contribution in [0.5, 0.6) is 5.75 Å². The van der Waals surface area contributed by atoms with Crippen LogP contribution in [0.15, 0.2) is 42.5 Å². The van der Waals surface area contributed by atoms with Gasteiger partial charge in [-0.2, -0.15) is 0 Å². The average Bonchev–Trinajstić information content (AvgIpc) is 2.62. The number of hydrogen-bond donors (Lipinski definition) is 1. The summed E-state index contributed by atoms with van der Waals surface area (Å²) in [4.78, 5) is 24.2. The lowest BCUT2D eigenvalue weighted by Crippen LogP contribution is -2.43. The van der Waals surface area contributed by atoms with Gasteiger partial charge < -0.3 is 14.8 Å². The van der Waals surface area contributed by atoms with Crippen molar-refractivity contribution in [3.8, 4) is 5.75 Å². The Hall–Kier alpha value is -2.60. The van der Waals surface area contributed by atoms with E-state index < -0.39 is 12.0 Å². The molecular formula is C19H19ClFNO4. The molecule has 138 valence electrons. The van der Waals surface area contributed by atoms with Gasteiger partial charge in [0.1, 0.15) is 17.6 Å². The first-order valence-corrected chi connectivity index (χ1v) is 8.24. The Morgan fingerprint density at radius 2 is 1.77 bits per heavy atom. The standard InChI is InChI=1S/C19H19ClFNO4/c1-25-17-8-5-13(9-15(17)20)10-16(19(24)26-2)22-18(23)11-12-3-6-14(21)7-4-12/h3-9,16H,10-11H2,1-2H3,(H,22,23)/t16-/m0/s1. The van der Waals surface area contributed by atoms with Crippen molar-refractivity contribution in [1.82, 2.24) is 5.32 Å². The summed E-state index contributed by atoms with van der Waals surface area (Å²) in [6.45, 7) is 0. The van der Waals surface area contributed by atoms with Gasteiger partial charge in [0.05, 0.1) is 25.7 Å². The minimum absolute atomic E-state index is 0.0249. The van der Waals surface area contributed by atoms with Gasteiger partial charge in [-0.1, -0.05) is 29.8 Å². The van der Waals surface area contributed by atoms with E-state index in [0.29, 0.717) is 16.3 Å². The number of rotatable bonds is 7. The first kappa shape index (κ1) is 19.7. The van der Waals surface area contributed by atoms with Gasteiger partial charge in [0.2, 0.25) is 5.91 Å². The summed E-state index contributed by atoms with van der Waals surface area (Å²) in [6.07, 6.45) is 0.239. The first-order chi connectivity index (χ1) is 12.4. The molecule has 1 atom stereocenters. The molecule has 0 heterocycles. The van der Waals surface area contributed by atoms with Crippen molar-refractivity contribution in [2.24, 2.45) is 0 Å². The van der Waals surface area contributed by atoms with Crippen molar-refractivity contribution in [3.05, 3.63) is 64.4 Å². The maximum atomic E-state index is 12.9. The van der Waals surface area contributed by atoms with Crippen molar-refractivity contribution in [2.45, 2.75) is 18.9 Å². The Balaban J connectivity index is 2.07. The van der Waals surface area contributed by atoms with Gasteiger partial charge >= 0.3 is 5.97 Å². The molecule has 0 saturated heterocycles. The van der Waals surface area contributed by atoms with Crippen LogP contribution in [-0.2, 0) is 27.2 Å². The van der Waals surface area contributed by atoms with E-state index in [4.69, 9.17) is 21.1 Å². The number of amides is 1. The quantitative estimate of drug-likeness (QED) is 0.751. The maximum Gasteiger partial charge on any atom is 0.328 e. The van der Waals surface area contributed by atoms with Crippen LogP contribution in [-0.4, -0.2) is 32.1 Å². The van der Waals surface area contributed by atoms with Crippen LogP contribution in [0.2, 0.25) is 5.02 Å². The zero-order valence-electron chi connectivity index (χ0n) is 14.4. The van der Waals surface area contributed by atoms with Gasteiger partial charge in [-0.3, -0.25) is 4.79 Å². The fourth-order valence-electron chi connectivity index (χ4n) is 2.44. The number of ether oxygens (including phenoxy) is 2. The normalized spacial score (nSPS) is 11.5. The largest absolute Gasteiger partial charge is 0.495 e. The minimum Gasteiger partial charge on any atom is -0.495 e. The second-order valence-electron chi connectivity index (χ2n) is 5.62. The van der Waals surface area contributed by atoms with E-state index in [2.05, 4.69) is 5.32 Å². The highest BCUT2D eigenvalue weighted by atomic mass is 35.5. The molecule has 7 heteroatoms. The summed E-state index contributed by atoms with van der Waals surface area (Å²) in [5.74, 6) is -0.792. The van der Waals surface area contributed by atoms with E-state index in [1.54, 1.807) is 18.2 Å². The van der Waals surface area contributed by atoms with Crippen LogP contribution in [0, 0.1) is 5.82 Å². The second kappa shape index (κ2) is 9.20. The van der Waals surface area contributed by atoms with Crippen LogP contribution >= 0.6 is 11.6 Å². The predicted molar refractivity (Wildman–Crippen MR) is 95.8 cm³/mol. The molecule has 0 radical (unpaired) electrons. The average molecular weight is 380 g/mol. The molecule has 0 aromatic heterocycles. The Morgan fingerprint density at radius 1 is 1.12 bits per heavy atom. The van der Waals surface area contributed by atoms with Gasteiger partial charge in [0, 0.05) is 6.42 Å². The molecule has 0 saturated carbocycles. The van der Waals surface area contributed by atoms with E-state index in [1.807, 2.05) is 0 Å². The third-order valence-corrected chi connectivity index (χ3v) is 4.05. The first-order valence-electron chi connectivity index (χ1n) is 7.87. The lowest BCUT2D eigenvalue weighted by atomic mass is 10.0. The molecule has 0 fully saturated rings. The minimum atomic E-state index is -0.864. The molecule has 0 aliphatic carbocycles. The third kappa shape index (κ3) is 5.46. The molecule has 2 aromatic rings. The molecule has 2 rings (SSSR count). The van der Waals surface area contributed by atoms with Crippen molar-refractivity contribution >= 4 is 23.5 Å². The zero-order valence-corrected chi connectivity index (χ0v) is 15.2. The molecule has 0 bridgehead atoms. The lowest BCUT2D eigenvalue weighted by molar-refractivity contribution is -0.145. The summed E-state index contributed by atoms with van der Waals surface area (Å²) in [5, 5.41) is 3.05. The molecule has 1 N–H and O–H groups in total.